The molecule has 1 saturated carbocycles. The molecule has 1 rings (SSSR count). The van der Waals surface area contributed by atoms with Gasteiger partial charge in [-0.3, -0.25) is 0 Å². The second kappa shape index (κ2) is 5.50. The molecule has 3 atom stereocenters. The van der Waals surface area contributed by atoms with Crippen molar-refractivity contribution in [1.82, 2.24) is 0 Å². The molecule has 0 aliphatic heterocycles. The first-order valence-electron chi connectivity index (χ1n) is 6.94. The van der Waals surface area contributed by atoms with Crippen LogP contribution >= 0.6 is 0 Å². The van der Waals surface area contributed by atoms with E-state index in [9.17, 15) is 5.11 Å². The van der Waals surface area contributed by atoms with Gasteiger partial charge in [-0.05, 0) is 31.6 Å². The molecule has 2 heteroatoms. The molecule has 1 aliphatic carbocycles. The number of hydrogen-bond acceptors (Lipinski definition) is 2. The second-order valence-corrected chi connectivity index (χ2v) is 5.86. The lowest BCUT2D eigenvalue weighted by molar-refractivity contribution is -0.0855. The smallest absolute Gasteiger partial charge is 0.0713 e. The average Bonchev–Trinajstić information content (AvgIpc) is 2.51. The highest BCUT2D eigenvalue weighted by molar-refractivity contribution is 4.97. The number of nitrogens with two attached hydrogens (primary N) is 1. The van der Waals surface area contributed by atoms with Crippen molar-refractivity contribution in [1.29, 1.82) is 0 Å². The molecular formula is C14H29NO. The lowest BCUT2D eigenvalue weighted by atomic mass is 9.67. The molecule has 3 unspecified atom stereocenters. The van der Waals surface area contributed by atoms with E-state index in [1.807, 2.05) is 0 Å². The predicted octanol–water partition coefficient (Wildman–Crippen LogP) is 3.08. The van der Waals surface area contributed by atoms with Crippen molar-refractivity contribution in [3.8, 4) is 0 Å². The summed E-state index contributed by atoms with van der Waals surface area (Å²) < 4.78 is 0. The van der Waals surface area contributed by atoms with Gasteiger partial charge in [0.05, 0.1) is 5.60 Å². The fourth-order valence-electron chi connectivity index (χ4n) is 3.07. The molecule has 0 radical (unpaired) electrons. The van der Waals surface area contributed by atoms with E-state index in [0.717, 1.165) is 31.6 Å². The van der Waals surface area contributed by atoms with Crippen LogP contribution < -0.4 is 5.73 Å². The third kappa shape index (κ3) is 2.60. The maximum atomic E-state index is 10.9. The Balaban J connectivity index is 2.76. The molecule has 0 heterocycles. The summed E-state index contributed by atoms with van der Waals surface area (Å²) in [6, 6.07) is 0. The molecule has 1 aliphatic rings. The Morgan fingerprint density at radius 2 is 2.00 bits per heavy atom. The van der Waals surface area contributed by atoms with E-state index in [1.54, 1.807) is 0 Å². The summed E-state index contributed by atoms with van der Waals surface area (Å²) in [6.07, 6.45) is 7.70. The fraction of sp³-hybridized carbons (Fsp3) is 1.00. The highest BCUT2D eigenvalue weighted by Crippen LogP contribution is 2.44. The highest BCUT2D eigenvalue weighted by atomic mass is 16.3. The van der Waals surface area contributed by atoms with Gasteiger partial charge < -0.3 is 10.8 Å². The maximum Gasteiger partial charge on any atom is 0.0713 e. The Hall–Kier alpha value is -0.0800. The van der Waals surface area contributed by atoms with Crippen molar-refractivity contribution >= 4 is 0 Å². The van der Waals surface area contributed by atoms with Gasteiger partial charge in [0.1, 0.15) is 0 Å². The molecular weight excluding hydrogens is 198 g/mol. The Bertz CT molecular complexity index is 213. The quantitative estimate of drug-likeness (QED) is 0.725. The second-order valence-electron chi connectivity index (χ2n) is 5.86. The summed E-state index contributed by atoms with van der Waals surface area (Å²) in [5, 5.41) is 10.9. The van der Waals surface area contributed by atoms with Crippen LogP contribution in [0.15, 0.2) is 0 Å². The number of aliphatic hydroxyl groups is 1. The SMILES string of the molecule is CCC1CCCC(O)(C(C)(CC)CN)CC1. The molecule has 0 bridgehead atoms. The Labute approximate surface area is 101 Å². The zero-order valence-electron chi connectivity index (χ0n) is 11.3. The van der Waals surface area contributed by atoms with Crippen LogP contribution in [0.25, 0.3) is 0 Å². The maximum absolute atomic E-state index is 10.9. The van der Waals surface area contributed by atoms with Crippen molar-refractivity contribution in [3.05, 3.63) is 0 Å². The largest absolute Gasteiger partial charge is 0.389 e. The van der Waals surface area contributed by atoms with Crippen molar-refractivity contribution in [3.63, 3.8) is 0 Å². The van der Waals surface area contributed by atoms with Crippen LogP contribution in [0, 0.1) is 11.3 Å². The van der Waals surface area contributed by atoms with Gasteiger partial charge in [-0.2, -0.15) is 0 Å². The first kappa shape index (κ1) is 14.0. The predicted molar refractivity (Wildman–Crippen MR) is 69.3 cm³/mol. The van der Waals surface area contributed by atoms with E-state index in [4.69, 9.17) is 5.73 Å². The third-order valence-electron chi connectivity index (χ3n) is 5.10. The number of rotatable bonds is 4. The van der Waals surface area contributed by atoms with E-state index in [2.05, 4.69) is 20.8 Å². The first-order chi connectivity index (χ1) is 7.51. The van der Waals surface area contributed by atoms with Gasteiger partial charge in [0.2, 0.25) is 0 Å². The van der Waals surface area contributed by atoms with Crippen LogP contribution in [-0.2, 0) is 0 Å². The van der Waals surface area contributed by atoms with Gasteiger partial charge >= 0.3 is 0 Å². The first-order valence-corrected chi connectivity index (χ1v) is 6.94. The Morgan fingerprint density at radius 3 is 2.50 bits per heavy atom. The molecule has 3 N–H and O–H groups in total. The van der Waals surface area contributed by atoms with Crippen LogP contribution in [0.3, 0.4) is 0 Å². The zero-order chi connectivity index (χ0) is 12.2. The molecule has 0 spiro atoms. The van der Waals surface area contributed by atoms with Crippen molar-refractivity contribution < 1.29 is 5.11 Å². The highest BCUT2D eigenvalue weighted by Gasteiger charge is 2.45. The van der Waals surface area contributed by atoms with E-state index in [1.165, 1.54) is 19.3 Å². The zero-order valence-corrected chi connectivity index (χ0v) is 11.3. The van der Waals surface area contributed by atoms with E-state index < -0.39 is 5.60 Å². The normalized spacial score (nSPS) is 35.4. The minimum Gasteiger partial charge on any atom is -0.389 e. The average molecular weight is 227 g/mol. The summed E-state index contributed by atoms with van der Waals surface area (Å²) in [4.78, 5) is 0. The number of hydrogen-bond donors (Lipinski definition) is 2. The van der Waals surface area contributed by atoms with Crippen molar-refractivity contribution in [2.24, 2.45) is 17.1 Å². The van der Waals surface area contributed by atoms with Crippen LogP contribution in [0.5, 0.6) is 0 Å². The topological polar surface area (TPSA) is 46.2 Å². The van der Waals surface area contributed by atoms with Crippen LogP contribution in [0.4, 0.5) is 0 Å². The third-order valence-corrected chi connectivity index (χ3v) is 5.10. The molecule has 0 aromatic rings. The fourth-order valence-corrected chi connectivity index (χ4v) is 3.07. The molecule has 0 amide bonds. The van der Waals surface area contributed by atoms with Gasteiger partial charge in [-0.15, -0.1) is 0 Å². The molecule has 0 saturated heterocycles. The summed E-state index contributed by atoms with van der Waals surface area (Å²) in [7, 11) is 0. The molecule has 16 heavy (non-hydrogen) atoms. The standard InChI is InChI=1S/C14H29NO/c1-4-12-7-6-9-14(16,10-8-12)13(3,5-2)11-15/h12,16H,4-11,15H2,1-3H3. The molecule has 96 valence electrons. The lowest BCUT2D eigenvalue weighted by Gasteiger charge is -2.44. The molecule has 2 nitrogen and oxygen atoms in total. The van der Waals surface area contributed by atoms with E-state index in [0.29, 0.717) is 6.54 Å². The summed E-state index contributed by atoms with van der Waals surface area (Å²) >= 11 is 0. The monoisotopic (exact) mass is 227 g/mol. The van der Waals surface area contributed by atoms with Crippen LogP contribution in [0.1, 0.15) is 65.7 Å². The molecule has 0 aromatic carbocycles. The molecule has 0 aromatic heterocycles. The van der Waals surface area contributed by atoms with Gasteiger partial charge in [0.25, 0.3) is 0 Å². The van der Waals surface area contributed by atoms with Gasteiger partial charge in [-0.25, -0.2) is 0 Å². The Kier molecular flexibility index (Phi) is 4.81. The van der Waals surface area contributed by atoms with Gasteiger partial charge in [0.15, 0.2) is 0 Å². The Morgan fingerprint density at radius 1 is 1.31 bits per heavy atom. The summed E-state index contributed by atoms with van der Waals surface area (Å²) in [5.74, 6) is 0.813. The van der Waals surface area contributed by atoms with Crippen LogP contribution in [-0.4, -0.2) is 17.3 Å². The van der Waals surface area contributed by atoms with Crippen molar-refractivity contribution in [2.45, 2.75) is 71.3 Å². The van der Waals surface area contributed by atoms with Crippen molar-refractivity contribution in [2.75, 3.05) is 6.54 Å². The summed E-state index contributed by atoms with van der Waals surface area (Å²) in [5.41, 5.74) is 5.26. The van der Waals surface area contributed by atoms with Gasteiger partial charge in [0, 0.05) is 12.0 Å². The van der Waals surface area contributed by atoms with E-state index in [-0.39, 0.29) is 5.41 Å². The summed E-state index contributed by atoms with van der Waals surface area (Å²) in [6.45, 7) is 7.15. The minimum atomic E-state index is -0.527. The van der Waals surface area contributed by atoms with Gasteiger partial charge in [-0.1, -0.05) is 40.0 Å². The van der Waals surface area contributed by atoms with Crippen LogP contribution in [0.2, 0.25) is 0 Å². The lowest BCUT2D eigenvalue weighted by Crippen LogP contribution is -2.50. The van der Waals surface area contributed by atoms with E-state index >= 15 is 0 Å². The minimum absolute atomic E-state index is 0.102. The molecule has 1 fully saturated rings.